The van der Waals surface area contributed by atoms with Crippen LogP contribution in [-0.2, 0) is 0 Å². The highest BCUT2D eigenvalue weighted by Crippen LogP contribution is 2.28. The molecule has 0 aliphatic rings. The summed E-state index contributed by atoms with van der Waals surface area (Å²) in [6.07, 6.45) is -0.0564. The summed E-state index contributed by atoms with van der Waals surface area (Å²) >= 11 is 9.46. The molecule has 0 aliphatic heterocycles. The molecule has 0 fully saturated rings. The molecular weight excluding hydrogens is 346 g/mol. The van der Waals surface area contributed by atoms with Gasteiger partial charge in [0, 0.05) is 4.47 Å². The normalized spacial score (nSPS) is 10.7. The summed E-state index contributed by atoms with van der Waals surface area (Å²) in [5.41, 5.74) is 6.29. The zero-order valence-electron chi connectivity index (χ0n) is 10.9. The zero-order valence-corrected chi connectivity index (χ0v) is 13.2. The molecule has 0 unspecified atom stereocenters. The second-order valence-electron chi connectivity index (χ2n) is 4.22. The van der Waals surface area contributed by atoms with Crippen LogP contribution in [0.3, 0.4) is 0 Å². The fraction of sp³-hybridized carbons (Fsp3) is 0.250. The molecule has 0 amide bonds. The maximum Gasteiger partial charge on any atom is 0.323 e. The Labute approximate surface area is 129 Å². The van der Waals surface area contributed by atoms with Crippen LogP contribution in [0.25, 0.3) is 0 Å². The van der Waals surface area contributed by atoms with Crippen molar-refractivity contribution in [3.05, 3.63) is 27.7 Å². The Balaban J connectivity index is 2.28. The third-order valence-electron chi connectivity index (χ3n) is 2.15. The lowest BCUT2D eigenvalue weighted by molar-refractivity contribution is 0.222. The Hall–Kier alpha value is -1.60. The van der Waals surface area contributed by atoms with Gasteiger partial charge in [-0.25, -0.2) is 0 Å². The van der Waals surface area contributed by atoms with Crippen LogP contribution < -0.4 is 15.8 Å². The molecule has 3 N–H and O–H groups in total. The van der Waals surface area contributed by atoms with Gasteiger partial charge in [-0.05, 0) is 32.0 Å². The van der Waals surface area contributed by atoms with E-state index in [2.05, 4.69) is 36.2 Å². The number of nitrogens with one attached hydrogen (secondary N) is 1. The molecule has 0 radical (unpaired) electrons. The largest absolute Gasteiger partial charge is 0.461 e. The van der Waals surface area contributed by atoms with E-state index in [1.807, 2.05) is 26.0 Å². The number of benzene rings is 1. The lowest BCUT2D eigenvalue weighted by Gasteiger charge is -2.11. The fourth-order valence-electron chi connectivity index (χ4n) is 1.41. The van der Waals surface area contributed by atoms with Gasteiger partial charge in [-0.3, -0.25) is 0 Å². The Morgan fingerprint density at radius 1 is 1.30 bits per heavy atom. The minimum atomic E-state index is -0.0564. The van der Waals surface area contributed by atoms with Gasteiger partial charge in [-0.15, -0.1) is 0 Å². The molecule has 2 aromatic rings. The van der Waals surface area contributed by atoms with Crippen molar-refractivity contribution in [2.24, 2.45) is 0 Å². The Kier molecular flexibility index (Phi) is 4.61. The number of rotatable bonds is 4. The number of hydrogen-bond acceptors (Lipinski definition) is 6. The van der Waals surface area contributed by atoms with Gasteiger partial charge in [-0.1, -0.05) is 27.5 Å². The summed E-state index contributed by atoms with van der Waals surface area (Å²) < 4.78 is 6.28. The molecule has 106 valence electrons. The molecule has 0 atom stereocenters. The summed E-state index contributed by atoms with van der Waals surface area (Å²) in [5, 5.41) is 3.52. The third kappa shape index (κ3) is 3.94. The van der Waals surface area contributed by atoms with E-state index in [0.29, 0.717) is 10.7 Å². The predicted octanol–water partition coefficient (Wildman–Crippen LogP) is 3.40. The molecule has 0 spiro atoms. The molecule has 2 rings (SSSR count). The summed E-state index contributed by atoms with van der Waals surface area (Å²) in [6.45, 7) is 3.75. The minimum absolute atomic E-state index is 0.0564. The van der Waals surface area contributed by atoms with Crippen molar-refractivity contribution in [2.45, 2.75) is 20.0 Å². The molecule has 0 bridgehead atoms. The van der Waals surface area contributed by atoms with Crippen LogP contribution in [0.15, 0.2) is 22.7 Å². The summed E-state index contributed by atoms with van der Waals surface area (Å²) in [4.78, 5) is 12.0. The van der Waals surface area contributed by atoms with Crippen LogP contribution in [0, 0.1) is 0 Å². The molecule has 0 aliphatic carbocycles. The van der Waals surface area contributed by atoms with Gasteiger partial charge in [-0.2, -0.15) is 15.0 Å². The first-order valence-electron chi connectivity index (χ1n) is 5.84. The standard InChI is InChI=1S/C12H13BrClN5O/c1-6(2)20-12-18-10(15)17-11(19-12)16-9-5-7(13)3-4-8(9)14/h3-6H,1-2H3,(H3,15,16,17,18,19). The maximum absolute atomic E-state index is 6.09. The van der Waals surface area contributed by atoms with Crippen molar-refractivity contribution in [2.75, 3.05) is 11.1 Å². The van der Waals surface area contributed by atoms with Gasteiger partial charge >= 0.3 is 6.01 Å². The topological polar surface area (TPSA) is 86.0 Å². The lowest BCUT2D eigenvalue weighted by atomic mass is 10.3. The van der Waals surface area contributed by atoms with Gasteiger partial charge in [0.1, 0.15) is 0 Å². The van der Waals surface area contributed by atoms with E-state index in [1.165, 1.54) is 0 Å². The van der Waals surface area contributed by atoms with Crippen molar-refractivity contribution >= 4 is 45.1 Å². The highest BCUT2D eigenvalue weighted by Gasteiger charge is 2.09. The summed E-state index contributed by atoms with van der Waals surface area (Å²) in [6, 6.07) is 5.57. The van der Waals surface area contributed by atoms with Crippen LogP contribution in [0.5, 0.6) is 6.01 Å². The van der Waals surface area contributed by atoms with Crippen LogP contribution in [0.4, 0.5) is 17.6 Å². The van der Waals surface area contributed by atoms with E-state index in [0.717, 1.165) is 4.47 Å². The number of aromatic nitrogens is 3. The van der Waals surface area contributed by atoms with Gasteiger partial charge in [0.15, 0.2) is 0 Å². The second kappa shape index (κ2) is 6.23. The van der Waals surface area contributed by atoms with Crippen LogP contribution in [-0.4, -0.2) is 21.1 Å². The summed E-state index contributed by atoms with van der Waals surface area (Å²) in [7, 11) is 0. The summed E-state index contributed by atoms with van der Waals surface area (Å²) in [5.74, 6) is 0.345. The van der Waals surface area contributed by atoms with E-state index in [4.69, 9.17) is 22.1 Å². The van der Waals surface area contributed by atoms with E-state index in [9.17, 15) is 0 Å². The quantitative estimate of drug-likeness (QED) is 0.871. The first-order chi connectivity index (χ1) is 9.44. The predicted molar refractivity (Wildman–Crippen MR) is 82.4 cm³/mol. The maximum atomic E-state index is 6.09. The highest BCUT2D eigenvalue weighted by atomic mass is 79.9. The smallest absolute Gasteiger partial charge is 0.323 e. The van der Waals surface area contributed by atoms with Crippen molar-refractivity contribution in [1.82, 2.24) is 15.0 Å². The van der Waals surface area contributed by atoms with Crippen molar-refractivity contribution in [3.8, 4) is 6.01 Å². The molecule has 1 aromatic heterocycles. The van der Waals surface area contributed by atoms with Crippen molar-refractivity contribution in [3.63, 3.8) is 0 Å². The fourth-order valence-corrected chi connectivity index (χ4v) is 1.93. The number of hydrogen-bond donors (Lipinski definition) is 2. The second-order valence-corrected chi connectivity index (χ2v) is 5.54. The van der Waals surface area contributed by atoms with Gasteiger partial charge in [0.2, 0.25) is 11.9 Å². The number of nitrogen functional groups attached to an aromatic ring is 1. The molecule has 0 saturated carbocycles. The molecule has 1 heterocycles. The van der Waals surface area contributed by atoms with Gasteiger partial charge in [0.25, 0.3) is 0 Å². The molecule has 0 saturated heterocycles. The molecule has 20 heavy (non-hydrogen) atoms. The van der Waals surface area contributed by atoms with Crippen LogP contribution in [0.2, 0.25) is 5.02 Å². The zero-order chi connectivity index (χ0) is 14.7. The number of nitrogens with zero attached hydrogens (tertiary/aromatic N) is 3. The molecule has 8 heteroatoms. The highest BCUT2D eigenvalue weighted by molar-refractivity contribution is 9.10. The number of anilines is 3. The molecular formula is C12H13BrClN5O. The van der Waals surface area contributed by atoms with Crippen LogP contribution >= 0.6 is 27.5 Å². The first-order valence-corrected chi connectivity index (χ1v) is 7.01. The number of ether oxygens (including phenoxy) is 1. The van der Waals surface area contributed by atoms with E-state index < -0.39 is 0 Å². The third-order valence-corrected chi connectivity index (χ3v) is 2.97. The van der Waals surface area contributed by atoms with Gasteiger partial charge < -0.3 is 15.8 Å². The number of nitrogens with two attached hydrogens (primary N) is 1. The number of halogens is 2. The van der Waals surface area contributed by atoms with E-state index in [1.54, 1.807) is 6.07 Å². The van der Waals surface area contributed by atoms with Gasteiger partial charge in [0.05, 0.1) is 16.8 Å². The Morgan fingerprint density at radius 2 is 2.05 bits per heavy atom. The van der Waals surface area contributed by atoms with Crippen molar-refractivity contribution < 1.29 is 4.74 Å². The van der Waals surface area contributed by atoms with E-state index in [-0.39, 0.29) is 24.0 Å². The first kappa shape index (κ1) is 14.8. The van der Waals surface area contributed by atoms with E-state index >= 15 is 0 Å². The molecule has 1 aromatic carbocycles. The minimum Gasteiger partial charge on any atom is -0.461 e. The average molecular weight is 359 g/mol. The SMILES string of the molecule is CC(C)Oc1nc(N)nc(Nc2cc(Br)ccc2Cl)n1. The Morgan fingerprint density at radius 3 is 2.75 bits per heavy atom. The average Bonchev–Trinajstić information content (AvgIpc) is 2.32. The monoisotopic (exact) mass is 357 g/mol. The van der Waals surface area contributed by atoms with Crippen LogP contribution in [0.1, 0.15) is 13.8 Å². The Bertz CT molecular complexity index is 623. The lowest BCUT2D eigenvalue weighted by Crippen LogP contribution is -2.11. The molecule has 6 nitrogen and oxygen atoms in total. The van der Waals surface area contributed by atoms with Crippen molar-refractivity contribution in [1.29, 1.82) is 0 Å².